The van der Waals surface area contributed by atoms with Crippen LogP contribution in [0.1, 0.15) is 43.2 Å². The van der Waals surface area contributed by atoms with Crippen LogP contribution >= 0.6 is 0 Å². The molecule has 25 heavy (non-hydrogen) atoms. The van der Waals surface area contributed by atoms with E-state index in [1.165, 1.54) is 31.2 Å². The molecule has 1 aromatic carbocycles. The highest BCUT2D eigenvalue weighted by atomic mass is 16.5. The Balaban J connectivity index is 0.000000324. The number of hydrogen-bond acceptors (Lipinski definition) is 5. The van der Waals surface area contributed by atoms with Gasteiger partial charge in [0, 0.05) is 11.4 Å². The molecule has 0 unspecified atom stereocenters. The number of furan rings is 1. The van der Waals surface area contributed by atoms with Gasteiger partial charge in [-0.25, -0.2) is 9.59 Å². The van der Waals surface area contributed by atoms with Crippen LogP contribution in [0.5, 0.6) is 0 Å². The molecule has 0 fully saturated rings. The summed E-state index contributed by atoms with van der Waals surface area (Å²) in [4.78, 5) is 21.3. The van der Waals surface area contributed by atoms with Crippen molar-refractivity contribution in [2.45, 2.75) is 32.6 Å². The number of hydrogen-bond donors (Lipinski definition) is 3. The Bertz CT molecular complexity index is 623. The summed E-state index contributed by atoms with van der Waals surface area (Å²) >= 11 is 0. The number of benzene rings is 1. The Kier molecular flexibility index (Phi) is 9.28. The largest absolute Gasteiger partial charge is 0.475 e. The highest BCUT2D eigenvalue weighted by molar-refractivity contribution is 5.85. The number of amides is 1. The Hall–Kier alpha value is -2.96. The number of nitrogen functional groups attached to an aromatic ring is 1. The van der Waals surface area contributed by atoms with Gasteiger partial charge >= 0.3 is 12.1 Å². The van der Waals surface area contributed by atoms with E-state index in [0.717, 1.165) is 12.8 Å². The fraction of sp³-hybridized carbons (Fsp3) is 0.333. The first-order valence-corrected chi connectivity index (χ1v) is 8.09. The third kappa shape index (κ3) is 9.04. The zero-order valence-electron chi connectivity index (χ0n) is 14.2. The molecular formula is C18H24N2O5. The fourth-order valence-electron chi connectivity index (χ4n) is 1.81. The number of aromatic carboxylic acids is 1. The number of anilines is 2. The smallest absolute Gasteiger partial charge is 0.411 e. The maximum atomic E-state index is 11.4. The molecule has 0 aliphatic rings. The van der Waals surface area contributed by atoms with Gasteiger partial charge in [-0.1, -0.05) is 26.2 Å². The van der Waals surface area contributed by atoms with Crippen LogP contribution < -0.4 is 11.1 Å². The molecule has 7 nitrogen and oxygen atoms in total. The summed E-state index contributed by atoms with van der Waals surface area (Å²) < 4.78 is 9.54. The number of ether oxygens (including phenoxy) is 1. The molecule has 7 heteroatoms. The Morgan fingerprint density at radius 2 is 1.88 bits per heavy atom. The van der Waals surface area contributed by atoms with Crippen LogP contribution in [0.3, 0.4) is 0 Å². The second-order valence-electron chi connectivity index (χ2n) is 5.23. The quantitative estimate of drug-likeness (QED) is 0.505. The molecule has 0 bridgehead atoms. The lowest BCUT2D eigenvalue weighted by molar-refractivity contribution is 0.0662. The van der Waals surface area contributed by atoms with Crippen molar-refractivity contribution in [3.05, 3.63) is 48.4 Å². The van der Waals surface area contributed by atoms with E-state index in [1.54, 1.807) is 24.3 Å². The van der Waals surface area contributed by atoms with E-state index in [4.69, 9.17) is 15.6 Å². The highest BCUT2D eigenvalue weighted by Gasteiger charge is 2.02. The minimum Gasteiger partial charge on any atom is -0.475 e. The van der Waals surface area contributed by atoms with Gasteiger partial charge in [-0.15, -0.1) is 0 Å². The molecule has 0 atom stereocenters. The Labute approximate surface area is 146 Å². The third-order valence-electron chi connectivity index (χ3n) is 3.12. The van der Waals surface area contributed by atoms with Gasteiger partial charge in [0.15, 0.2) is 0 Å². The van der Waals surface area contributed by atoms with Gasteiger partial charge < -0.3 is 20.0 Å². The lowest BCUT2D eigenvalue weighted by atomic mass is 10.2. The van der Waals surface area contributed by atoms with Crippen LogP contribution in [-0.2, 0) is 4.74 Å². The topological polar surface area (TPSA) is 115 Å². The molecule has 0 radical (unpaired) electrons. The molecule has 4 N–H and O–H groups in total. The van der Waals surface area contributed by atoms with Gasteiger partial charge in [0.25, 0.3) is 0 Å². The lowest BCUT2D eigenvalue weighted by Gasteiger charge is -2.06. The normalized spacial score (nSPS) is 9.64. The van der Waals surface area contributed by atoms with Crippen LogP contribution in [0.15, 0.2) is 47.1 Å². The molecule has 0 aliphatic heterocycles. The van der Waals surface area contributed by atoms with E-state index in [1.807, 2.05) is 0 Å². The lowest BCUT2D eigenvalue weighted by Crippen LogP contribution is -2.14. The van der Waals surface area contributed by atoms with Crippen molar-refractivity contribution in [3.63, 3.8) is 0 Å². The van der Waals surface area contributed by atoms with E-state index >= 15 is 0 Å². The SMILES string of the molecule is CCCCCCOC(=O)Nc1ccc(N)cc1.O=C(O)c1ccco1. The average Bonchev–Trinajstić information content (AvgIpc) is 3.12. The number of rotatable bonds is 7. The van der Waals surface area contributed by atoms with Crippen molar-refractivity contribution < 1.29 is 23.8 Å². The van der Waals surface area contributed by atoms with Crippen molar-refractivity contribution in [2.75, 3.05) is 17.7 Å². The van der Waals surface area contributed by atoms with E-state index in [2.05, 4.69) is 16.7 Å². The minimum absolute atomic E-state index is 0.0231. The number of carbonyl (C=O) groups is 2. The maximum Gasteiger partial charge on any atom is 0.411 e. The zero-order chi connectivity index (χ0) is 18.5. The number of carboxylic acids is 1. The van der Waals surface area contributed by atoms with Crippen molar-refractivity contribution >= 4 is 23.4 Å². The first-order chi connectivity index (χ1) is 12.0. The molecule has 0 spiro atoms. The minimum atomic E-state index is -1.03. The van der Waals surface area contributed by atoms with Crippen LogP contribution in [-0.4, -0.2) is 23.8 Å². The van der Waals surface area contributed by atoms with Gasteiger partial charge in [-0.05, 0) is 42.8 Å². The summed E-state index contributed by atoms with van der Waals surface area (Å²) in [6.07, 6.45) is 5.30. The van der Waals surface area contributed by atoms with E-state index in [0.29, 0.717) is 18.0 Å². The second-order valence-corrected chi connectivity index (χ2v) is 5.23. The summed E-state index contributed by atoms with van der Waals surface area (Å²) in [7, 11) is 0. The number of carboxylic acid groups (broad SMARTS) is 1. The number of nitrogens with one attached hydrogen (secondary N) is 1. The number of carbonyl (C=O) groups excluding carboxylic acids is 1. The molecule has 2 rings (SSSR count). The predicted octanol–water partition coefficient (Wildman–Crippen LogP) is 4.38. The van der Waals surface area contributed by atoms with Gasteiger partial charge in [0.2, 0.25) is 5.76 Å². The molecule has 0 saturated carbocycles. The Morgan fingerprint density at radius 3 is 2.40 bits per heavy atom. The summed E-state index contributed by atoms with van der Waals surface area (Å²) in [5.41, 5.74) is 6.90. The summed E-state index contributed by atoms with van der Waals surface area (Å²) in [6.45, 7) is 2.62. The molecule has 1 aromatic heterocycles. The molecular weight excluding hydrogens is 324 g/mol. The first kappa shape index (κ1) is 20.1. The summed E-state index contributed by atoms with van der Waals surface area (Å²) in [5, 5.41) is 10.8. The number of nitrogens with two attached hydrogens (primary N) is 1. The van der Waals surface area contributed by atoms with Gasteiger partial charge in [0.1, 0.15) is 0 Å². The molecule has 1 heterocycles. The summed E-state index contributed by atoms with van der Waals surface area (Å²) in [6, 6.07) is 9.88. The van der Waals surface area contributed by atoms with Crippen LogP contribution in [0.25, 0.3) is 0 Å². The monoisotopic (exact) mass is 348 g/mol. The first-order valence-electron chi connectivity index (χ1n) is 8.09. The van der Waals surface area contributed by atoms with Gasteiger partial charge in [-0.3, -0.25) is 5.32 Å². The van der Waals surface area contributed by atoms with Crippen LogP contribution in [0.2, 0.25) is 0 Å². The van der Waals surface area contributed by atoms with E-state index in [9.17, 15) is 9.59 Å². The summed E-state index contributed by atoms with van der Waals surface area (Å²) in [5.74, 6) is -1.06. The molecule has 2 aromatic rings. The third-order valence-corrected chi connectivity index (χ3v) is 3.12. The van der Waals surface area contributed by atoms with Gasteiger partial charge in [0.05, 0.1) is 12.9 Å². The van der Waals surface area contributed by atoms with E-state index < -0.39 is 12.1 Å². The van der Waals surface area contributed by atoms with Gasteiger partial charge in [-0.2, -0.15) is 0 Å². The molecule has 0 aliphatic carbocycles. The van der Waals surface area contributed by atoms with Crippen LogP contribution in [0.4, 0.5) is 16.2 Å². The molecule has 0 saturated heterocycles. The highest BCUT2D eigenvalue weighted by Crippen LogP contribution is 2.10. The molecule has 1 amide bonds. The van der Waals surface area contributed by atoms with E-state index in [-0.39, 0.29) is 5.76 Å². The van der Waals surface area contributed by atoms with Crippen molar-refractivity contribution in [1.29, 1.82) is 0 Å². The number of unbranched alkanes of at least 4 members (excludes halogenated alkanes) is 3. The van der Waals surface area contributed by atoms with Crippen molar-refractivity contribution in [3.8, 4) is 0 Å². The Morgan fingerprint density at radius 1 is 1.16 bits per heavy atom. The van der Waals surface area contributed by atoms with Crippen molar-refractivity contribution in [1.82, 2.24) is 0 Å². The predicted molar refractivity (Wildman–Crippen MR) is 95.6 cm³/mol. The maximum absolute atomic E-state index is 11.4. The average molecular weight is 348 g/mol. The van der Waals surface area contributed by atoms with Crippen molar-refractivity contribution in [2.24, 2.45) is 0 Å². The fourth-order valence-corrected chi connectivity index (χ4v) is 1.81. The molecule has 136 valence electrons. The zero-order valence-corrected chi connectivity index (χ0v) is 14.2. The second kappa shape index (κ2) is 11.6. The standard InChI is InChI=1S/C13H20N2O2.C5H4O3/c1-2-3-4-5-10-17-13(16)15-12-8-6-11(14)7-9-12;6-5(7)4-2-1-3-8-4/h6-9H,2-5,10,14H2,1H3,(H,15,16);1-3H,(H,6,7). The van der Waals surface area contributed by atoms with Crippen LogP contribution in [0, 0.1) is 0 Å².